The molecular weight excluding hydrogens is 370 g/mol. The van der Waals surface area contributed by atoms with E-state index < -0.39 is 23.4 Å². The second-order valence-electron chi connectivity index (χ2n) is 6.00. The zero-order chi connectivity index (χ0) is 20.3. The predicted octanol–water partition coefficient (Wildman–Crippen LogP) is 1.40. The maximum Gasteiger partial charge on any atom is 0.319 e. The monoisotopic (exact) mass is 389 g/mol. The number of fused-ring (bicyclic) bond motifs is 1. The van der Waals surface area contributed by atoms with Crippen molar-refractivity contribution in [3.05, 3.63) is 52.1 Å². The summed E-state index contributed by atoms with van der Waals surface area (Å²) in [6, 6.07) is 8.75. The van der Waals surface area contributed by atoms with Crippen molar-refractivity contribution in [2.24, 2.45) is 0 Å². The molecule has 2 aromatic rings. The lowest BCUT2D eigenvalue weighted by atomic mass is 10.1. The summed E-state index contributed by atoms with van der Waals surface area (Å²) in [5.74, 6) is 0.577. The Bertz CT molecular complexity index is 906. The number of rotatable bonds is 5. The zero-order valence-corrected chi connectivity index (χ0v) is 14.8. The molecule has 3 rings (SSSR count). The van der Waals surface area contributed by atoms with Gasteiger partial charge in [-0.15, -0.1) is 0 Å². The lowest BCUT2D eigenvalue weighted by Crippen LogP contribution is -2.43. The maximum atomic E-state index is 12.2. The number of carbonyl (C=O) groups excluding carboxylic acids is 1. The number of hydrogen-bond donors (Lipinski definition) is 6. The van der Waals surface area contributed by atoms with Crippen molar-refractivity contribution in [3.63, 3.8) is 0 Å². The number of nitrogens with zero attached hydrogens (tertiary/aromatic N) is 1. The van der Waals surface area contributed by atoms with Gasteiger partial charge in [-0.25, -0.2) is 4.79 Å². The third-order valence-corrected chi connectivity index (χ3v) is 4.08. The first-order valence-corrected chi connectivity index (χ1v) is 8.27. The van der Waals surface area contributed by atoms with Gasteiger partial charge in [0.1, 0.15) is 5.75 Å². The van der Waals surface area contributed by atoms with Crippen molar-refractivity contribution in [1.29, 1.82) is 0 Å². The van der Waals surface area contributed by atoms with Crippen LogP contribution in [0.1, 0.15) is 5.56 Å². The van der Waals surface area contributed by atoms with Crippen LogP contribution in [0.2, 0.25) is 0 Å². The van der Waals surface area contributed by atoms with E-state index in [0.29, 0.717) is 22.7 Å². The number of carbonyl (C=O) groups is 1. The van der Waals surface area contributed by atoms with E-state index in [2.05, 4.69) is 21.3 Å². The number of methoxy groups -OCH3 is 1. The molecule has 0 fully saturated rings. The highest BCUT2D eigenvalue weighted by Crippen LogP contribution is 2.35. The third-order valence-electron chi connectivity index (χ3n) is 4.08. The summed E-state index contributed by atoms with van der Waals surface area (Å²) in [7, 11) is 1.51. The molecule has 0 aromatic heterocycles. The van der Waals surface area contributed by atoms with E-state index in [-0.39, 0.29) is 17.9 Å². The van der Waals surface area contributed by atoms with E-state index in [1.54, 1.807) is 24.3 Å². The molecule has 2 amide bonds. The van der Waals surface area contributed by atoms with Gasteiger partial charge in [-0.05, 0) is 12.1 Å². The number of amides is 2. The molecule has 28 heavy (non-hydrogen) atoms. The standard InChI is InChI=1S/C17H19N5O6/c1-28-12-4-2-3-10(6-12)19-17(25)18-8-9-5-11(22(26)27)7-13-14(9)21-16(24)15(23)20-13/h2-7,15-16,20-21,23-24H,8H2,1H3,(H2,18,19,25). The molecule has 0 radical (unpaired) electrons. The van der Waals surface area contributed by atoms with Gasteiger partial charge >= 0.3 is 6.03 Å². The molecule has 11 nitrogen and oxygen atoms in total. The number of nitro benzene ring substituents is 1. The minimum Gasteiger partial charge on any atom is -0.497 e. The van der Waals surface area contributed by atoms with Crippen molar-refractivity contribution in [2.45, 2.75) is 19.0 Å². The fraction of sp³-hybridized carbons (Fsp3) is 0.235. The van der Waals surface area contributed by atoms with E-state index in [1.807, 2.05) is 0 Å². The Balaban J connectivity index is 1.76. The molecule has 148 valence electrons. The first-order valence-electron chi connectivity index (χ1n) is 8.27. The largest absolute Gasteiger partial charge is 0.497 e. The van der Waals surface area contributed by atoms with Crippen LogP contribution in [0.25, 0.3) is 0 Å². The molecule has 1 aliphatic heterocycles. The second kappa shape index (κ2) is 7.98. The highest BCUT2D eigenvalue weighted by atomic mass is 16.6. The van der Waals surface area contributed by atoms with Crippen molar-refractivity contribution in [1.82, 2.24) is 5.32 Å². The van der Waals surface area contributed by atoms with E-state index in [9.17, 15) is 25.1 Å². The lowest BCUT2D eigenvalue weighted by Gasteiger charge is -2.31. The van der Waals surface area contributed by atoms with Gasteiger partial charge in [-0.2, -0.15) is 0 Å². The Morgan fingerprint density at radius 1 is 1.25 bits per heavy atom. The summed E-state index contributed by atoms with van der Waals surface area (Å²) in [6.07, 6.45) is -2.63. The van der Waals surface area contributed by atoms with E-state index in [1.165, 1.54) is 19.2 Å². The van der Waals surface area contributed by atoms with Gasteiger partial charge in [0, 0.05) is 36.0 Å². The number of nitrogens with one attached hydrogen (secondary N) is 4. The summed E-state index contributed by atoms with van der Waals surface area (Å²) in [6.45, 7) is -0.0582. The Kier molecular flexibility index (Phi) is 5.47. The smallest absolute Gasteiger partial charge is 0.319 e. The number of anilines is 3. The minimum absolute atomic E-state index is 0.0582. The van der Waals surface area contributed by atoms with Crippen LogP contribution >= 0.6 is 0 Å². The summed E-state index contributed by atoms with van der Waals surface area (Å²) in [5.41, 5.74) is 1.25. The first-order chi connectivity index (χ1) is 13.4. The van der Waals surface area contributed by atoms with Crippen LogP contribution in [0.15, 0.2) is 36.4 Å². The average Bonchev–Trinajstić information content (AvgIpc) is 2.67. The van der Waals surface area contributed by atoms with Gasteiger partial charge in [0.15, 0.2) is 12.5 Å². The van der Waals surface area contributed by atoms with Crippen molar-refractivity contribution >= 4 is 28.8 Å². The summed E-state index contributed by atoms with van der Waals surface area (Å²) in [5, 5.41) is 41.1. The summed E-state index contributed by atoms with van der Waals surface area (Å²) in [4.78, 5) is 22.7. The van der Waals surface area contributed by atoms with Gasteiger partial charge in [-0.1, -0.05) is 6.07 Å². The quantitative estimate of drug-likeness (QED) is 0.331. The number of non-ortho nitro benzene ring substituents is 1. The van der Waals surface area contributed by atoms with Gasteiger partial charge < -0.3 is 36.2 Å². The SMILES string of the molecule is COc1cccc(NC(=O)NCc2cc([N+](=O)[O-])cc3c2NC(O)C(O)N3)c1. The second-order valence-corrected chi connectivity index (χ2v) is 6.00. The van der Waals surface area contributed by atoms with Crippen LogP contribution in [0.3, 0.4) is 0 Å². The van der Waals surface area contributed by atoms with Crippen LogP contribution in [0.5, 0.6) is 5.75 Å². The van der Waals surface area contributed by atoms with E-state index >= 15 is 0 Å². The average molecular weight is 389 g/mol. The highest BCUT2D eigenvalue weighted by molar-refractivity contribution is 5.89. The number of urea groups is 1. The molecule has 1 aliphatic rings. The molecule has 6 N–H and O–H groups in total. The van der Waals surface area contributed by atoms with Gasteiger partial charge in [0.25, 0.3) is 5.69 Å². The van der Waals surface area contributed by atoms with Crippen LogP contribution in [0.4, 0.5) is 27.5 Å². The molecule has 2 aromatic carbocycles. The van der Waals surface area contributed by atoms with Crippen molar-refractivity contribution in [2.75, 3.05) is 23.1 Å². The number of ether oxygens (including phenoxy) is 1. The molecular formula is C17H19N5O6. The fourth-order valence-corrected chi connectivity index (χ4v) is 2.73. The zero-order valence-electron chi connectivity index (χ0n) is 14.8. The number of aliphatic hydroxyl groups excluding tert-OH is 2. The predicted molar refractivity (Wildman–Crippen MR) is 101 cm³/mol. The Labute approximate surface area is 159 Å². The molecule has 1 heterocycles. The molecule has 0 spiro atoms. The van der Waals surface area contributed by atoms with Crippen LogP contribution in [-0.4, -0.2) is 40.7 Å². The topological polar surface area (TPSA) is 158 Å². The van der Waals surface area contributed by atoms with E-state index in [0.717, 1.165) is 0 Å². The summed E-state index contributed by atoms with van der Waals surface area (Å²) < 4.78 is 5.09. The lowest BCUT2D eigenvalue weighted by molar-refractivity contribution is -0.384. The number of benzene rings is 2. The van der Waals surface area contributed by atoms with E-state index in [4.69, 9.17) is 4.74 Å². The van der Waals surface area contributed by atoms with Gasteiger partial charge in [0.2, 0.25) is 0 Å². The molecule has 0 saturated carbocycles. The maximum absolute atomic E-state index is 12.2. The number of hydrogen-bond acceptors (Lipinski definition) is 8. The normalized spacial score (nSPS) is 17.5. The van der Waals surface area contributed by atoms with Crippen molar-refractivity contribution < 1.29 is 24.7 Å². The molecule has 0 bridgehead atoms. The van der Waals surface area contributed by atoms with Crippen LogP contribution in [0, 0.1) is 10.1 Å². The first kappa shape index (κ1) is 19.2. The van der Waals surface area contributed by atoms with Crippen molar-refractivity contribution in [3.8, 4) is 5.75 Å². The Morgan fingerprint density at radius 2 is 2.00 bits per heavy atom. The molecule has 0 aliphatic carbocycles. The Hall–Kier alpha value is -3.57. The highest BCUT2D eigenvalue weighted by Gasteiger charge is 2.28. The van der Waals surface area contributed by atoms with Crippen LogP contribution in [-0.2, 0) is 6.54 Å². The van der Waals surface area contributed by atoms with Gasteiger partial charge in [-0.3, -0.25) is 10.1 Å². The van der Waals surface area contributed by atoms with Gasteiger partial charge in [0.05, 0.1) is 23.4 Å². The molecule has 11 heteroatoms. The number of nitro groups is 1. The Morgan fingerprint density at radius 3 is 2.71 bits per heavy atom. The number of aliphatic hydroxyl groups is 2. The third kappa shape index (κ3) is 4.22. The molecule has 2 unspecified atom stereocenters. The minimum atomic E-state index is -1.33. The summed E-state index contributed by atoms with van der Waals surface area (Å²) >= 11 is 0. The molecule has 0 saturated heterocycles. The fourth-order valence-electron chi connectivity index (χ4n) is 2.73. The molecule has 2 atom stereocenters. The van der Waals surface area contributed by atoms with Crippen LogP contribution < -0.4 is 26.0 Å².